The van der Waals surface area contributed by atoms with E-state index in [9.17, 15) is 13.5 Å². The molecule has 1 unspecified atom stereocenters. The molecule has 0 aliphatic carbocycles. The predicted octanol–water partition coefficient (Wildman–Crippen LogP) is 0.161. The number of aliphatic hydroxyl groups is 1. The second-order valence-corrected chi connectivity index (χ2v) is 7.04. The van der Waals surface area contributed by atoms with E-state index in [1.165, 1.54) is 10.6 Å². The monoisotopic (exact) mass is 264 g/mol. The summed E-state index contributed by atoms with van der Waals surface area (Å²) >= 11 is 0. The lowest BCUT2D eigenvalue weighted by molar-refractivity contribution is 0.0961. The van der Waals surface area contributed by atoms with Crippen LogP contribution in [0.5, 0.6) is 0 Å². The Labute approximate surface area is 104 Å². The summed E-state index contributed by atoms with van der Waals surface area (Å²) in [6.07, 6.45) is 3.57. The van der Waals surface area contributed by atoms with Gasteiger partial charge in [-0.25, -0.2) is 12.7 Å². The molecule has 0 saturated carbocycles. The van der Waals surface area contributed by atoms with E-state index in [2.05, 4.69) is 19.2 Å². The van der Waals surface area contributed by atoms with Gasteiger partial charge in [0.15, 0.2) is 0 Å². The highest BCUT2D eigenvalue weighted by molar-refractivity contribution is 7.88. The van der Waals surface area contributed by atoms with Crippen molar-refractivity contribution in [2.24, 2.45) is 0 Å². The number of nitrogens with zero attached hydrogens (tertiary/aromatic N) is 1. The van der Waals surface area contributed by atoms with Gasteiger partial charge < -0.3 is 10.4 Å². The zero-order valence-electron chi connectivity index (χ0n) is 10.9. The summed E-state index contributed by atoms with van der Waals surface area (Å²) < 4.78 is 24.3. The molecule has 0 radical (unpaired) electrons. The summed E-state index contributed by atoms with van der Waals surface area (Å²) in [4.78, 5) is 0. The van der Waals surface area contributed by atoms with E-state index in [1.54, 1.807) is 0 Å². The number of hydrogen-bond acceptors (Lipinski definition) is 4. The maximum atomic E-state index is 11.4. The maximum absolute atomic E-state index is 11.4. The standard InChI is InChI=1S/C11H24N2O3S/c1-4-10(2)12-11(9-14)5-7-13(8-6-11)17(3,15)16/h10,12,14H,4-9H2,1-3H3. The molecule has 0 spiro atoms. The van der Waals surface area contributed by atoms with Crippen LogP contribution in [-0.2, 0) is 10.0 Å². The average molecular weight is 264 g/mol. The third-order valence-corrected chi connectivity index (χ3v) is 4.92. The van der Waals surface area contributed by atoms with E-state index in [4.69, 9.17) is 0 Å². The van der Waals surface area contributed by atoms with Gasteiger partial charge in [-0.05, 0) is 26.2 Å². The first-order chi connectivity index (χ1) is 7.83. The predicted molar refractivity (Wildman–Crippen MR) is 68.4 cm³/mol. The molecule has 2 N–H and O–H groups in total. The van der Waals surface area contributed by atoms with Crippen LogP contribution < -0.4 is 5.32 Å². The summed E-state index contributed by atoms with van der Waals surface area (Å²) in [5.41, 5.74) is -0.309. The van der Waals surface area contributed by atoms with Crippen LogP contribution in [0.3, 0.4) is 0 Å². The Morgan fingerprint density at radius 3 is 2.29 bits per heavy atom. The summed E-state index contributed by atoms with van der Waals surface area (Å²) in [5.74, 6) is 0. The Morgan fingerprint density at radius 1 is 1.41 bits per heavy atom. The maximum Gasteiger partial charge on any atom is 0.211 e. The van der Waals surface area contributed by atoms with Crippen molar-refractivity contribution in [3.63, 3.8) is 0 Å². The number of aliphatic hydroxyl groups excluding tert-OH is 1. The molecule has 17 heavy (non-hydrogen) atoms. The van der Waals surface area contributed by atoms with E-state index in [1.807, 2.05) is 0 Å². The minimum Gasteiger partial charge on any atom is -0.394 e. The van der Waals surface area contributed by atoms with E-state index in [0.29, 0.717) is 32.0 Å². The molecule has 0 bridgehead atoms. The quantitative estimate of drug-likeness (QED) is 0.742. The molecule has 0 aromatic carbocycles. The van der Waals surface area contributed by atoms with E-state index >= 15 is 0 Å². The van der Waals surface area contributed by atoms with Crippen molar-refractivity contribution < 1.29 is 13.5 Å². The lowest BCUT2D eigenvalue weighted by atomic mass is 9.88. The summed E-state index contributed by atoms with van der Waals surface area (Å²) in [7, 11) is -3.09. The molecule has 1 fully saturated rings. The van der Waals surface area contributed by atoms with Gasteiger partial charge in [-0.1, -0.05) is 6.92 Å². The van der Waals surface area contributed by atoms with Crippen LogP contribution in [0, 0.1) is 0 Å². The third kappa shape index (κ3) is 3.91. The molecule has 1 atom stereocenters. The van der Waals surface area contributed by atoms with Gasteiger partial charge in [-0.3, -0.25) is 0 Å². The van der Waals surface area contributed by atoms with Crippen LogP contribution in [0.2, 0.25) is 0 Å². The minimum absolute atomic E-state index is 0.0644. The van der Waals surface area contributed by atoms with Crippen molar-refractivity contribution in [1.29, 1.82) is 0 Å². The number of piperidine rings is 1. The van der Waals surface area contributed by atoms with Crippen LogP contribution in [-0.4, -0.2) is 55.4 Å². The highest BCUT2D eigenvalue weighted by Gasteiger charge is 2.36. The van der Waals surface area contributed by atoms with Gasteiger partial charge in [-0.15, -0.1) is 0 Å². The molecule has 1 aliphatic heterocycles. The van der Waals surface area contributed by atoms with Crippen molar-refractivity contribution in [2.75, 3.05) is 26.0 Å². The van der Waals surface area contributed by atoms with Gasteiger partial charge in [0.1, 0.15) is 0 Å². The number of sulfonamides is 1. The Morgan fingerprint density at radius 2 is 1.94 bits per heavy atom. The lowest BCUT2D eigenvalue weighted by Crippen LogP contribution is -2.58. The van der Waals surface area contributed by atoms with Crippen molar-refractivity contribution >= 4 is 10.0 Å². The summed E-state index contributed by atoms with van der Waals surface area (Å²) in [5, 5.41) is 13.0. The zero-order chi connectivity index (χ0) is 13.1. The second-order valence-electron chi connectivity index (χ2n) is 5.05. The highest BCUT2D eigenvalue weighted by atomic mass is 32.2. The van der Waals surface area contributed by atoms with Gasteiger partial charge in [0.05, 0.1) is 12.9 Å². The molecule has 5 nitrogen and oxygen atoms in total. The molecule has 0 aromatic heterocycles. The first kappa shape index (κ1) is 14.9. The van der Waals surface area contributed by atoms with Crippen LogP contribution in [0.1, 0.15) is 33.1 Å². The number of nitrogens with one attached hydrogen (secondary N) is 1. The van der Waals surface area contributed by atoms with Gasteiger partial charge in [0, 0.05) is 24.7 Å². The fourth-order valence-electron chi connectivity index (χ4n) is 2.22. The first-order valence-corrected chi connectivity index (χ1v) is 8.01. The van der Waals surface area contributed by atoms with E-state index in [-0.39, 0.29) is 12.1 Å². The van der Waals surface area contributed by atoms with Crippen LogP contribution in [0.25, 0.3) is 0 Å². The first-order valence-electron chi connectivity index (χ1n) is 6.16. The van der Waals surface area contributed by atoms with Crippen molar-refractivity contribution in [2.45, 2.75) is 44.7 Å². The van der Waals surface area contributed by atoms with Crippen molar-refractivity contribution in [1.82, 2.24) is 9.62 Å². The Kier molecular flexibility index (Phi) is 4.95. The molecule has 1 saturated heterocycles. The fourth-order valence-corrected chi connectivity index (χ4v) is 3.06. The van der Waals surface area contributed by atoms with Crippen LogP contribution in [0.4, 0.5) is 0 Å². The van der Waals surface area contributed by atoms with Crippen LogP contribution >= 0.6 is 0 Å². The molecule has 0 aromatic rings. The minimum atomic E-state index is -3.09. The Hall–Kier alpha value is -0.170. The SMILES string of the molecule is CCC(C)NC1(CO)CCN(S(C)(=O)=O)CC1. The average Bonchev–Trinajstić information content (AvgIpc) is 2.28. The van der Waals surface area contributed by atoms with Gasteiger partial charge in [0.2, 0.25) is 10.0 Å². The summed E-state index contributed by atoms with van der Waals surface area (Å²) in [6, 6.07) is 0.340. The van der Waals surface area contributed by atoms with Crippen molar-refractivity contribution in [3.8, 4) is 0 Å². The molecule has 1 rings (SSSR count). The Balaban J connectivity index is 2.63. The largest absolute Gasteiger partial charge is 0.394 e. The number of rotatable bonds is 5. The second kappa shape index (κ2) is 5.65. The van der Waals surface area contributed by atoms with Gasteiger partial charge in [0.25, 0.3) is 0 Å². The van der Waals surface area contributed by atoms with Crippen LogP contribution in [0.15, 0.2) is 0 Å². The normalized spacial score (nSPS) is 23.5. The smallest absolute Gasteiger partial charge is 0.211 e. The van der Waals surface area contributed by atoms with E-state index < -0.39 is 10.0 Å². The van der Waals surface area contributed by atoms with E-state index in [0.717, 1.165) is 6.42 Å². The van der Waals surface area contributed by atoms with Gasteiger partial charge >= 0.3 is 0 Å². The van der Waals surface area contributed by atoms with Crippen molar-refractivity contribution in [3.05, 3.63) is 0 Å². The molecule has 6 heteroatoms. The third-order valence-electron chi connectivity index (χ3n) is 3.62. The Bertz CT molecular complexity index is 335. The van der Waals surface area contributed by atoms with Gasteiger partial charge in [-0.2, -0.15) is 0 Å². The lowest BCUT2D eigenvalue weighted by Gasteiger charge is -2.42. The molecule has 0 amide bonds. The fraction of sp³-hybridized carbons (Fsp3) is 1.00. The molecule has 1 heterocycles. The highest BCUT2D eigenvalue weighted by Crippen LogP contribution is 2.24. The number of hydrogen-bond donors (Lipinski definition) is 2. The molecule has 1 aliphatic rings. The zero-order valence-corrected chi connectivity index (χ0v) is 11.8. The molecule has 102 valence electrons. The summed E-state index contributed by atoms with van der Waals surface area (Å²) in [6.45, 7) is 5.22. The topological polar surface area (TPSA) is 69.6 Å². The molecular weight excluding hydrogens is 240 g/mol. The molecular formula is C11H24N2O3S.